The van der Waals surface area contributed by atoms with Crippen molar-refractivity contribution in [3.8, 4) is 17.0 Å². The Balaban J connectivity index is 1.46. The molecule has 0 aliphatic carbocycles. The van der Waals surface area contributed by atoms with Crippen molar-refractivity contribution in [2.24, 2.45) is 0 Å². The first-order valence-corrected chi connectivity index (χ1v) is 10.1. The summed E-state index contributed by atoms with van der Waals surface area (Å²) in [6.07, 6.45) is 2.83. The second-order valence-corrected chi connectivity index (χ2v) is 7.71. The molecular formula is C22H19N3O2S. The van der Waals surface area contributed by atoms with E-state index in [9.17, 15) is 4.79 Å². The van der Waals surface area contributed by atoms with Crippen molar-refractivity contribution in [2.45, 2.75) is 13.0 Å². The maximum atomic E-state index is 13.2. The van der Waals surface area contributed by atoms with E-state index in [4.69, 9.17) is 9.72 Å². The molecule has 140 valence electrons. The standard InChI is InChI=1S/C22H19N3O2S/c1-27-18-8-4-7-16(11-18)19-13-25-20(14-28-22(25)23-19)21(26)24-10-9-15-5-2-3-6-17(15)12-24/h2-8,11,13-14H,9-10,12H2,1H3. The first-order valence-electron chi connectivity index (χ1n) is 9.20. The Morgan fingerprint density at radius 2 is 2.00 bits per heavy atom. The second-order valence-electron chi connectivity index (χ2n) is 6.88. The molecule has 5 nitrogen and oxygen atoms in total. The minimum absolute atomic E-state index is 0.0512. The zero-order valence-corrected chi connectivity index (χ0v) is 16.3. The van der Waals surface area contributed by atoms with Crippen molar-refractivity contribution in [2.75, 3.05) is 13.7 Å². The molecule has 0 saturated heterocycles. The van der Waals surface area contributed by atoms with Crippen LogP contribution in [0, 0.1) is 0 Å². The normalized spacial score (nSPS) is 13.5. The molecule has 0 spiro atoms. The number of carbonyl (C=O) groups is 1. The summed E-state index contributed by atoms with van der Waals surface area (Å²) in [5, 5.41) is 1.90. The Labute approximate surface area is 166 Å². The minimum Gasteiger partial charge on any atom is -0.497 e. The van der Waals surface area contributed by atoms with Gasteiger partial charge in [0.1, 0.15) is 11.4 Å². The van der Waals surface area contributed by atoms with E-state index in [0.29, 0.717) is 12.2 Å². The average molecular weight is 389 g/mol. The molecule has 5 rings (SSSR count). The lowest BCUT2D eigenvalue weighted by Gasteiger charge is -2.28. The fourth-order valence-corrected chi connectivity index (χ4v) is 4.54. The maximum Gasteiger partial charge on any atom is 0.272 e. The minimum atomic E-state index is 0.0512. The molecule has 0 saturated carbocycles. The Kier molecular flexibility index (Phi) is 4.13. The molecule has 0 unspecified atom stereocenters. The zero-order valence-electron chi connectivity index (χ0n) is 15.5. The fourth-order valence-electron chi connectivity index (χ4n) is 3.69. The molecule has 2 aromatic carbocycles. The zero-order chi connectivity index (χ0) is 19.1. The molecule has 0 atom stereocenters. The number of rotatable bonds is 3. The summed E-state index contributed by atoms with van der Waals surface area (Å²) in [7, 11) is 1.65. The highest BCUT2D eigenvalue weighted by molar-refractivity contribution is 7.15. The van der Waals surface area contributed by atoms with Crippen LogP contribution in [-0.2, 0) is 13.0 Å². The van der Waals surface area contributed by atoms with E-state index >= 15 is 0 Å². The number of fused-ring (bicyclic) bond motifs is 2. The number of nitrogens with zero attached hydrogens (tertiary/aromatic N) is 3. The van der Waals surface area contributed by atoms with Crippen molar-refractivity contribution < 1.29 is 9.53 Å². The van der Waals surface area contributed by atoms with E-state index in [0.717, 1.165) is 34.9 Å². The second kappa shape index (κ2) is 6.80. The number of aromatic nitrogens is 2. The Morgan fingerprint density at radius 3 is 2.86 bits per heavy atom. The highest BCUT2D eigenvalue weighted by Crippen LogP contribution is 2.27. The van der Waals surface area contributed by atoms with Gasteiger partial charge in [0.2, 0.25) is 0 Å². The Hall–Kier alpha value is -3.12. The van der Waals surface area contributed by atoms with E-state index in [2.05, 4.69) is 18.2 Å². The van der Waals surface area contributed by atoms with Crippen LogP contribution in [0.4, 0.5) is 0 Å². The summed E-state index contributed by atoms with van der Waals surface area (Å²) in [5.74, 6) is 0.840. The van der Waals surface area contributed by atoms with Crippen LogP contribution in [0.15, 0.2) is 60.1 Å². The van der Waals surface area contributed by atoms with Crippen molar-refractivity contribution in [1.29, 1.82) is 0 Å². The van der Waals surface area contributed by atoms with E-state index in [1.165, 1.54) is 22.5 Å². The number of hydrogen-bond acceptors (Lipinski definition) is 4. The Bertz CT molecular complexity index is 1180. The van der Waals surface area contributed by atoms with Gasteiger partial charge in [-0.25, -0.2) is 4.98 Å². The average Bonchev–Trinajstić information content (AvgIpc) is 3.34. The highest BCUT2D eigenvalue weighted by Gasteiger charge is 2.24. The number of methoxy groups -OCH3 is 1. The predicted octanol–water partition coefficient (Wildman–Crippen LogP) is 4.27. The number of benzene rings is 2. The quantitative estimate of drug-likeness (QED) is 0.526. The van der Waals surface area contributed by atoms with Gasteiger partial charge in [0, 0.05) is 30.2 Å². The van der Waals surface area contributed by atoms with E-state index in [1.54, 1.807) is 7.11 Å². The molecule has 0 bridgehead atoms. The van der Waals surface area contributed by atoms with Crippen LogP contribution in [0.2, 0.25) is 0 Å². The number of thiazole rings is 1. The van der Waals surface area contributed by atoms with Crippen LogP contribution >= 0.6 is 11.3 Å². The van der Waals surface area contributed by atoms with Crippen LogP contribution in [0.1, 0.15) is 21.6 Å². The number of hydrogen-bond donors (Lipinski definition) is 0. The summed E-state index contributed by atoms with van der Waals surface area (Å²) in [4.78, 5) is 20.6. The third-order valence-corrected chi connectivity index (χ3v) is 6.05. The summed E-state index contributed by atoms with van der Waals surface area (Å²) < 4.78 is 7.21. The molecule has 0 N–H and O–H groups in total. The van der Waals surface area contributed by atoms with Gasteiger partial charge in [-0.3, -0.25) is 9.20 Å². The highest BCUT2D eigenvalue weighted by atomic mass is 32.1. The molecule has 4 aromatic rings. The number of amides is 1. The molecule has 28 heavy (non-hydrogen) atoms. The topological polar surface area (TPSA) is 46.8 Å². The van der Waals surface area contributed by atoms with Crippen LogP contribution in [0.5, 0.6) is 5.75 Å². The van der Waals surface area contributed by atoms with Crippen LogP contribution in [0.25, 0.3) is 16.2 Å². The molecule has 0 fully saturated rings. The lowest BCUT2D eigenvalue weighted by molar-refractivity contribution is 0.0728. The Morgan fingerprint density at radius 1 is 1.14 bits per heavy atom. The van der Waals surface area contributed by atoms with Gasteiger partial charge in [0.05, 0.1) is 12.8 Å². The van der Waals surface area contributed by atoms with Crippen molar-refractivity contribution in [3.63, 3.8) is 0 Å². The summed E-state index contributed by atoms with van der Waals surface area (Å²) in [6.45, 7) is 1.40. The summed E-state index contributed by atoms with van der Waals surface area (Å²) >= 11 is 1.49. The molecule has 1 aliphatic rings. The van der Waals surface area contributed by atoms with Gasteiger partial charge < -0.3 is 9.64 Å². The van der Waals surface area contributed by atoms with Gasteiger partial charge >= 0.3 is 0 Å². The lowest BCUT2D eigenvalue weighted by Crippen LogP contribution is -2.36. The van der Waals surface area contributed by atoms with Gasteiger partial charge in [-0.1, -0.05) is 36.4 Å². The maximum absolute atomic E-state index is 13.2. The molecule has 0 radical (unpaired) electrons. The lowest BCUT2D eigenvalue weighted by atomic mass is 10.00. The van der Waals surface area contributed by atoms with Gasteiger partial charge in [-0.15, -0.1) is 11.3 Å². The SMILES string of the molecule is COc1cccc(-c2cn3c(C(=O)N4CCc5ccccc5C4)csc3n2)c1. The fraction of sp³-hybridized carbons (Fsp3) is 0.182. The van der Waals surface area contributed by atoms with Crippen LogP contribution in [-0.4, -0.2) is 33.8 Å². The van der Waals surface area contributed by atoms with E-state index in [1.807, 2.05) is 51.2 Å². The molecule has 1 aliphatic heterocycles. The van der Waals surface area contributed by atoms with E-state index < -0.39 is 0 Å². The molecule has 1 amide bonds. The molecule has 6 heteroatoms. The molecular weight excluding hydrogens is 370 g/mol. The summed E-state index contributed by atoms with van der Waals surface area (Å²) in [5.41, 5.74) is 5.05. The van der Waals surface area contributed by atoms with E-state index in [-0.39, 0.29) is 5.91 Å². The van der Waals surface area contributed by atoms with Crippen molar-refractivity contribution in [3.05, 3.63) is 76.9 Å². The molecule has 2 aromatic heterocycles. The predicted molar refractivity (Wildman–Crippen MR) is 110 cm³/mol. The first-order chi connectivity index (χ1) is 13.7. The van der Waals surface area contributed by atoms with Crippen LogP contribution < -0.4 is 4.74 Å². The first kappa shape index (κ1) is 17.0. The molecule has 3 heterocycles. The third-order valence-electron chi connectivity index (χ3n) is 5.21. The van der Waals surface area contributed by atoms with Gasteiger partial charge in [0.15, 0.2) is 4.96 Å². The smallest absolute Gasteiger partial charge is 0.272 e. The summed E-state index contributed by atoms with van der Waals surface area (Å²) in [6, 6.07) is 16.2. The van der Waals surface area contributed by atoms with Gasteiger partial charge in [0.25, 0.3) is 5.91 Å². The van der Waals surface area contributed by atoms with Crippen LogP contribution in [0.3, 0.4) is 0 Å². The van der Waals surface area contributed by atoms with Crippen molar-refractivity contribution >= 4 is 22.2 Å². The number of ether oxygens (including phenoxy) is 1. The number of imidazole rings is 1. The van der Waals surface area contributed by atoms with Gasteiger partial charge in [-0.05, 0) is 29.7 Å². The number of carbonyl (C=O) groups excluding carboxylic acids is 1. The van der Waals surface area contributed by atoms with Crippen molar-refractivity contribution in [1.82, 2.24) is 14.3 Å². The van der Waals surface area contributed by atoms with Gasteiger partial charge in [-0.2, -0.15) is 0 Å². The third kappa shape index (κ3) is 2.86. The monoisotopic (exact) mass is 389 g/mol. The largest absolute Gasteiger partial charge is 0.497 e.